The Balaban J connectivity index is 1.99. The van der Waals surface area contributed by atoms with Gasteiger partial charge in [-0.3, -0.25) is 9.59 Å². The van der Waals surface area contributed by atoms with Gasteiger partial charge in [-0.2, -0.15) is 0 Å². The first-order valence-corrected chi connectivity index (χ1v) is 14.6. The molecule has 1 fully saturated rings. The predicted molar refractivity (Wildman–Crippen MR) is 162 cm³/mol. The molecule has 3 atom stereocenters. The van der Waals surface area contributed by atoms with E-state index in [1.165, 1.54) is 4.90 Å². The molecular weight excluding hydrogens is 550 g/mol. The fourth-order valence-electron chi connectivity index (χ4n) is 4.63. The lowest BCUT2D eigenvalue weighted by Gasteiger charge is -2.35. The number of esters is 1. The van der Waals surface area contributed by atoms with Crippen LogP contribution in [0.2, 0.25) is 0 Å². The molecule has 1 saturated carbocycles. The van der Waals surface area contributed by atoms with Crippen LogP contribution in [0.4, 0.5) is 4.79 Å². The lowest BCUT2D eigenvalue weighted by Crippen LogP contribution is -2.56. The number of nitrogens with zero attached hydrogens (tertiary/aromatic N) is 1. The summed E-state index contributed by atoms with van der Waals surface area (Å²) in [5.41, 5.74) is 0.627. The Bertz CT molecular complexity index is 1280. The van der Waals surface area contributed by atoms with Crippen LogP contribution in [0.3, 0.4) is 0 Å². The number of nitrogens with one attached hydrogen (secondary N) is 2. The Morgan fingerprint density at radius 1 is 0.884 bits per heavy atom. The summed E-state index contributed by atoms with van der Waals surface area (Å²) in [4.78, 5) is 55.5. The molecule has 3 N–H and O–H groups in total. The van der Waals surface area contributed by atoms with Gasteiger partial charge < -0.3 is 30.1 Å². The summed E-state index contributed by atoms with van der Waals surface area (Å²) in [5, 5.41) is 15.5. The molecule has 0 saturated heterocycles. The number of hydrogen-bond acceptors (Lipinski definition) is 7. The van der Waals surface area contributed by atoms with Gasteiger partial charge in [0.2, 0.25) is 11.8 Å². The Kier molecular flexibility index (Phi) is 11.0. The van der Waals surface area contributed by atoms with E-state index in [-0.39, 0.29) is 12.5 Å². The van der Waals surface area contributed by atoms with Gasteiger partial charge in [0, 0.05) is 12.5 Å². The maximum absolute atomic E-state index is 14.2. The Hall–Kier alpha value is -3.92. The Labute approximate surface area is 254 Å². The number of hydrogen-bond donors (Lipinski definition) is 3. The highest BCUT2D eigenvalue weighted by Gasteiger charge is 2.45. The van der Waals surface area contributed by atoms with Crippen LogP contribution in [0.25, 0.3) is 0 Å². The standard InChI is InChI=1S/C33H45N3O7/c1-21-12-11-15-23(18-21)27(36(24-16-17-24)29(39)26(20-37)35-31(41)43-33(5,6)7)28(38)34-25(30(40)42-32(2,3)4)19-22-13-9-8-10-14-22/h8-15,18,24-27,37H,16-17,19-20H2,1-7H3,(H,34,38)(H,35,41). The molecule has 0 spiro atoms. The van der Waals surface area contributed by atoms with Crippen LogP contribution < -0.4 is 10.6 Å². The third-order valence-electron chi connectivity index (χ3n) is 6.54. The van der Waals surface area contributed by atoms with E-state index >= 15 is 0 Å². The molecule has 2 aromatic carbocycles. The number of alkyl carbamates (subject to hydrolysis) is 1. The molecule has 0 bridgehead atoms. The van der Waals surface area contributed by atoms with Crippen molar-refractivity contribution in [3.63, 3.8) is 0 Å². The zero-order valence-electron chi connectivity index (χ0n) is 26.2. The van der Waals surface area contributed by atoms with E-state index in [2.05, 4.69) is 10.6 Å². The number of aliphatic hydroxyl groups excluding tert-OH is 1. The Morgan fingerprint density at radius 3 is 2.05 bits per heavy atom. The maximum atomic E-state index is 14.2. The minimum atomic E-state index is -1.35. The summed E-state index contributed by atoms with van der Waals surface area (Å²) in [5.74, 6) is -1.81. The second-order valence-corrected chi connectivity index (χ2v) is 13.0. The summed E-state index contributed by atoms with van der Waals surface area (Å²) in [6, 6.07) is 12.7. The van der Waals surface area contributed by atoms with Gasteiger partial charge in [0.1, 0.15) is 29.3 Å². The number of rotatable bonds is 11. The number of amides is 3. The fourth-order valence-corrected chi connectivity index (χ4v) is 4.63. The van der Waals surface area contributed by atoms with E-state index in [1.54, 1.807) is 53.7 Å². The van der Waals surface area contributed by atoms with Crippen LogP contribution in [0.5, 0.6) is 0 Å². The topological polar surface area (TPSA) is 134 Å². The SMILES string of the molecule is Cc1cccc(C(C(=O)NC(Cc2ccccc2)C(=O)OC(C)(C)C)N(C(=O)C(CO)NC(=O)OC(C)(C)C)C2CC2)c1. The van der Waals surface area contributed by atoms with Crippen LogP contribution >= 0.6 is 0 Å². The molecule has 10 nitrogen and oxygen atoms in total. The number of carbonyl (C=O) groups excluding carboxylic acids is 4. The second kappa shape index (κ2) is 14.0. The third kappa shape index (κ3) is 10.4. The monoisotopic (exact) mass is 595 g/mol. The summed E-state index contributed by atoms with van der Waals surface area (Å²) in [6.45, 7) is 11.5. The van der Waals surface area contributed by atoms with Gasteiger partial charge in [-0.05, 0) is 72.4 Å². The highest BCUT2D eigenvalue weighted by Crippen LogP contribution is 2.36. The van der Waals surface area contributed by atoms with Gasteiger partial charge >= 0.3 is 12.1 Å². The van der Waals surface area contributed by atoms with Crippen LogP contribution in [-0.2, 0) is 30.3 Å². The van der Waals surface area contributed by atoms with Gasteiger partial charge in [-0.1, -0.05) is 60.2 Å². The van der Waals surface area contributed by atoms with Crippen molar-refractivity contribution < 1.29 is 33.8 Å². The molecule has 1 aliphatic carbocycles. The molecular formula is C33H45N3O7. The van der Waals surface area contributed by atoms with Gasteiger partial charge in [0.25, 0.3) is 0 Å². The highest BCUT2D eigenvalue weighted by molar-refractivity contribution is 5.94. The fraction of sp³-hybridized carbons (Fsp3) is 0.515. The van der Waals surface area contributed by atoms with E-state index in [0.717, 1.165) is 11.1 Å². The zero-order chi connectivity index (χ0) is 31.9. The molecule has 234 valence electrons. The molecule has 2 aromatic rings. The van der Waals surface area contributed by atoms with Crippen molar-refractivity contribution in [1.82, 2.24) is 15.5 Å². The smallest absolute Gasteiger partial charge is 0.408 e. The zero-order valence-corrected chi connectivity index (χ0v) is 26.2. The number of aliphatic hydroxyl groups is 1. The van der Waals surface area contributed by atoms with Crippen LogP contribution in [0.15, 0.2) is 54.6 Å². The molecule has 43 heavy (non-hydrogen) atoms. The number of benzene rings is 2. The van der Waals surface area contributed by atoms with Crippen molar-refractivity contribution in [3.8, 4) is 0 Å². The molecule has 3 unspecified atom stereocenters. The molecule has 0 radical (unpaired) electrons. The average molecular weight is 596 g/mol. The minimum absolute atomic E-state index is 0.179. The third-order valence-corrected chi connectivity index (χ3v) is 6.54. The van der Waals surface area contributed by atoms with Gasteiger partial charge in [0.15, 0.2) is 0 Å². The molecule has 0 aliphatic heterocycles. The number of carbonyl (C=O) groups is 4. The first-order valence-electron chi connectivity index (χ1n) is 14.6. The first-order chi connectivity index (χ1) is 20.1. The van der Waals surface area contributed by atoms with E-state index in [9.17, 15) is 24.3 Å². The van der Waals surface area contributed by atoms with E-state index in [1.807, 2.05) is 49.4 Å². The lowest BCUT2D eigenvalue weighted by atomic mass is 9.99. The first kappa shape index (κ1) is 33.6. The van der Waals surface area contributed by atoms with Crippen molar-refractivity contribution in [2.24, 2.45) is 0 Å². The summed E-state index contributed by atoms with van der Waals surface area (Å²) in [6.07, 6.45) is 0.607. The van der Waals surface area contributed by atoms with Gasteiger partial charge in [-0.25, -0.2) is 9.59 Å². The normalized spacial score (nSPS) is 15.4. The summed E-state index contributed by atoms with van der Waals surface area (Å²) in [7, 11) is 0. The Morgan fingerprint density at radius 2 is 1.51 bits per heavy atom. The van der Waals surface area contributed by atoms with Crippen LogP contribution in [0, 0.1) is 6.92 Å². The minimum Gasteiger partial charge on any atom is -0.458 e. The van der Waals surface area contributed by atoms with Gasteiger partial charge in [-0.15, -0.1) is 0 Å². The van der Waals surface area contributed by atoms with Crippen molar-refractivity contribution in [2.45, 2.75) is 103 Å². The summed E-state index contributed by atoms with van der Waals surface area (Å²) < 4.78 is 11.0. The van der Waals surface area contributed by atoms with E-state index in [4.69, 9.17) is 9.47 Å². The average Bonchev–Trinajstić information content (AvgIpc) is 3.73. The van der Waals surface area contributed by atoms with Crippen molar-refractivity contribution in [2.75, 3.05) is 6.61 Å². The van der Waals surface area contributed by atoms with E-state index < -0.39 is 59.8 Å². The maximum Gasteiger partial charge on any atom is 0.408 e. The highest BCUT2D eigenvalue weighted by atomic mass is 16.6. The quantitative estimate of drug-likeness (QED) is 0.335. The second-order valence-electron chi connectivity index (χ2n) is 13.0. The number of aryl methyl sites for hydroxylation is 1. The van der Waals surface area contributed by atoms with E-state index in [0.29, 0.717) is 18.4 Å². The lowest BCUT2D eigenvalue weighted by molar-refractivity contribution is -0.159. The molecule has 1 aliphatic rings. The summed E-state index contributed by atoms with van der Waals surface area (Å²) >= 11 is 0. The molecule has 3 amide bonds. The molecule has 3 rings (SSSR count). The van der Waals surface area contributed by atoms with Gasteiger partial charge in [0.05, 0.1) is 6.61 Å². The molecule has 10 heteroatoms. The van der Waals surface area contributed by atoms with Crippen molar-refractivity contribution >= 4 is 23.9 Å². The number of ether oxygens (including phenoxy) is 2. The molecule has 0 aromatic heterocycles. The predicted octanol–water partition coefficient (Wildman–Crippen LogP) is 3.98. The van der Waals surface area contributed by atoms with Crippen molar-refractivity contribution in [3.05, 3.63) is 71.3 Å². The molecule has 0 heterocycles. The van der Waals surface area contributed by atoms with Crippen LogP contribution in [0.1, 0.15) is 77.1 Å². The van der Waals surface area contributed by atoms with Crippen LogP contribution in [-0.4, -0.2) is 69.8 Å². The largest absolute Gasteiger partial charge is 0.458 e. The van der Waals surface area contributed by atoms with Crippen molar-refractivity contribution in [1.29, 1.82) is 0 Å².